The lowest BCUT2D eigenvalue weighted by molar-refractivity contribution is 0.446. The zero-order valence-electron chi connectivity index (χ0n) is 17.2. The topological polar surface area (TPSA) is 94.7 Å². The molecule has 162 valence electrons. The third-order valence-electron chi connectivity index (χ3n) is 6.08. The molecule has 0 amide bonds. The van der Waals surface area contributed by atoms with Crippen molar-refractivity contribution in [1.29, 1.82) is 0 Å². The van der Waals surface area contributed by atoms with Crippen LogP contribution in [0, 0.1) is 0 Å². The van der Waals surface area contributed by atoms with Gasteiger partial charge in [0, 0.05) is 29.1 Å². The predicted molar refractivity (Wildman–Crippen MR) is 123 cm³/mol. The molecule has 4 heterocycles. The van der Waals surface area contributed by atoms with Crippen molar-refractivity contribution < 1.29 is 0 Å². The predicted octanol–water partition coefficient (Wildman–Crippen LogP) is 4.03. The summed E-state index contributed by atoms with van der Waals surface area (Å²) < 4.78 is 0. The normalized spacial score (nSPS) is 17.8. The van der Waals surface area contributed by atoms with E-state index in [1.54, 1.807) is 6.07 Å². The first-order valence-electron chi connectivity index (χ1n) is 10.6. The molecular weight excluding hydrogens is 435 g/mol. The van der Waals surface area contributed by atoms with Gasteiger partial charge in [-0.05, 0) is 62.7 Å². The highest BCUT2D eigenvalue weighted by molar-refractivity contribution is 6.33. The first-order valence-corrected chi connectivity index (χ1v) is 11.3. The van der Waals surface area contributed by atoms with Gasteiger partial charge in [0.15, 0.2) is 11.6 Å². The van der Waals surface area contributed by atoms with Crippen molar-refractivity contribution in [2.75, 3.05) is 36.4 Å². The Morgan fingerprint density at radius 1 is 1.03 bits per heavy atom. The number of nitrogens with zero attached hydrogens (tertiary/aromatic N) is 5. The molecule has 0 saturated carbocycles. The molecule has 1 fully saturated rings. The summed E-state index contributed by atoms with van der Waals surface area (Å²) in [7, 11) is 0. The van der Waals surface area contributed by atoms with Crippen LogP contribution in [0.15, 0.2) is 24.3 Å². The highest BCUT2D eigenvalue weighted by atomic mass is 35.5. The van der Waals surface area contributed by atoms with Gasteiger partial charge in [0.2, 0.25) is 0 Å². The zero-order chi connectivity index (χ0) is 21.4. The lowest BCUT2D eigenvalue weighted by atomic mass is 9.98. The fourth-order valence-corrected chi connectivity index (χ4v) is 4.79. The van der Waals surface area contributed by atoms with E-state index in [1.165, 1.54) is 0 Å². The van der Waals surface area contributed by atoms with E-state index < -0.39 is 0 Å². The van der Waals surface area contributed by atoms with Crippen LogP contribution in [0.2, 0.25) is 10.0 Å². The number of nitrogens with one attached hydrogen (secondary N) is 3. The number of halogens is 2. The summed E-state index contributed by atoms with van der Waals surface area (Å²) >= 11 is 12.7. The molecule has 2 aliphatic rings. The van der Waals surface area contributed by atoms with Crippen molar-refractivity contribution in [1.82, 2.24) is 30.7 Å². The molecule has 3 N–H and O–H groups in total. The minimum Gasteiger partial charge on any atom is -0.365 e. The Morgan fingerprint density at radius 2 is 1.87 bits per heavy atom. The number of aromatic nitrogens is 5. The van der Waals surface area contributed by atoms with Crippen LogP contribution in [0.1, 0.15) is 43.1 Å². The summed E-state index contributed by atoms with van der Waals surface area (Å²) in [5.41, 5.74) is 2.61. The van der Waals surface area contributed by atoms with E-state index in [2.05, 4.69) is 47.8 Å². The Labute approximate surface area is 190 Å². The van der Waals surface area contributed by atoms with Crippen molar-refractivity contribution in [2.45, 2.75) is 31.7 Å². The van der Waals surface area contributed by atoms with Gasteiger partial charge in [-0.2, -0.15) is 0 Å². The first-order chi connectivity index (χ1) is 15.1. The van der Waals surface area contributed by atoms with Gasteiger partial charge in [0.25, 0.3) is 0 Å². The fraction of sp³-hybridized carbons (Fsp3) is 0.429. The zero-order valence-corrected chi connectivity index (χ0v) is 18.7. The monoisotopic (exact) mass is 458 g/mol. The number of fused-ring (bicyclic) bond motifs is 1. The third kappa shape index (κ3) is 4.07. The Hall–Kier alpha value is -2.42. The summed E-state index contributed by atoms with van der Waals surface area (Å²) in [5.74, 6) is 2.71. The minimum atomic E-state index is 0.0177. The molecule has 1 saturated heterocycles. The van der Waals surface area contributed by atoms with Crippen molar-refractivity contribution in [3.05, 3.63) is 45.7 Å². The third-order valence-corrected chi connectivity index (χ3v) is 6.66. The van der Waals surface area contributed by atoms with Crippen LogP contribution >= 0.6 is 23.2 Å². The summed E-state index contributed by atoms with van der Waals surface area (Å²) in [6, 6.07) is 7.60. The molecule has 2 aliphatic heterocycles. The maximum atomic E-state index is 6.48. The second-order valence-corrected chi connectivity index (χ2v) is 8.85. The average Bonchev–Trinajstić information content (AvgIpc) is 3.30. The van der Waals surface area contributed by atoms with Crippen LogP contribution in [-0.4, -0.2) is 51.6 Å². The number of aromatic amines is 1. The largest absolute Gasteiger partial charge is 0.365 e. The summed E-state index contributed by atoms with van der Waals surface area (Å²) in [6.07, 6.45) is 2.11. The number of anilines is 2. The van der Waals surface area contributed by atoms with Gasteiger partial charge in [-0.25, -0.2) is 0 Å². The van der Waals surface area contributed by atoms with E-state index in [0.717, 1.165) is 61.9 Å². The van der Waals surface area contributed by atoms with Gasteiger partial charge in [0.1, 0.15) is 11.5 Å². The standard InChI is InChI=1S/C21H24Cl2N8/c1-12(15-10-14(22)2-3-16(15)23)31-9-8-25-21-18(31)11-17(27-30-21)20-26-19(28-29-20)13-4-6-24-7-5-13/h2-3,10-13,24H,4-9H2,1H3,(H,25,30)(H,26,28,29). The molecule has 10 heteroatoms. The molecule has 0 spiro atoms. The smallest absolute Gasteiger partial charge is 0.181 e. The Kier molecular flexibility index (Phi) is 5.69. The molecule has 1 atom stereocenters. The van der Waals surface area contributed by atoms with E-state index in [-0.39, 0.29) is 6.04 Å². The number of hydrogen-bond donors (Lipinski definition) is 3. The molecule has 0 radical (unpaired) electrons. The molecule has 3 aromatic rings. The molecule has 31 heavy (non-hydrogen) atoms. The SMILES string of the molecule is CC(c1cc(Cl)ccc1Cl)N1CCNc2nnc(-c3nnc(C4CCNCC4)[nH]3)cc21. The molecule has 5 rings (SSSR count). The lowest BCUT2D eigenvalue weighted by Gasteiger charge is -2.36. The first kappa shape index (κ1) is 20.5. The average molecular weight is 459 g/mol. The summed E-state index contributed by atoms with van der Waals surface area (Å²) in [6.45, 7) is 5.70. The number of benzene rings is 1. The molecule has 1 unspecified atom stereocenters. The Morgan fingerprint density at radius 3 is 2.71 bits per heavy atom. The van der Waals surface area contributed by atoms with Gasteiger partial charge in [-0.1, -0.05) is 23.2 Å². The molecule has 0 bridgehead atoms. The van der Waals surface area contributed by atoms with Crippen LogP contribution < -0.4 is 15.5 Å². The van der Waals surface area contributed by atoms with Gasteiger partial charge in [0.05, 0.1) is 11.7 Å². The maximum Gasteiger partial charge on any atom is 0.181 e. The maximum absolute atomic E-state index is 6.48. The second-order valence-electron chi connectivity index (χ2n) is 8.01. The van der Waals surface area contributed by atoms with Crippen molar-refractivity contribution in [3.63, 3.8) is 0 Å². The Balaban J connectivity index is 1.46. The van der Waals surface area contributed by atoms with Crippen LogP contribution in [-0.2, 0) is 0 Å². The van der Waals surface area contributed by atoms with Crippen LogP contribution in [0.4, 0.5) is 11.5 Å². The van der Waals surface area contributed by atoms with Crippen LogP contribution in [0.5, 0.6) is 0 Å². The van der Waals surface area contributed by atoms with Gasteiger partial charge in [-0.15, -0.1) is 20.4 Å². The molecule has 0 aliphatic carbocycles. The van der Waals surface area contributed by atoms with Gasteiger partial charge < -0.3 is 20.5 Å². The van der Waals surface area contributed by atoms with Crippen molar-refractivity contribution in [2.24, 2.45) is 0 Å². The number of H-pyrrole nitrogens is 1. The van der Waals surface area contributed by atoms with E-state index >= 15 is 0 Å². The van der Waals surface area contributed by atoms with E-state index in [4.69, 9.17) is 23.2 Å². The van der Waals surface area contributed by atoms with Crippen LogP contribution in [0.25, 0.3) is 11.5 Å². The van der Waals surface area contributed by atoms with Crippen LogP contribution in [0.3, 0.4) is 0 Å². The van der Waals surface area contributed by atoms with E-state index in [1.807, 2.05) is 18.2 Å². The van der Waals surface area contributed by atoms with Crippen molar-refractivity contribution in [3.8, 4) is 11.5 Å². The number of piperidine rings is 1. The molecule has 8 nitrogen and oxygen atoms in total. The Bertz CT molecular complexity index is 1080. The lowest BCUT2D eigenvalue weighted by Crippen LogP contribution is -2.36. The fourth-order valence-electron chi connectivity index (χ4n) is 4.33. The summed E-state index contributed by atoms with van der Waals surface area (Å²) in [4.78, 5) is 5.64. The molecule has 2 aromatic heterocycles. The van der Waals surface area contributed by atoms with Crippen molar-refractivity contribution >= 4 is 34.7 Å². The number of hydrogen-bond acceptors (Lipinski definition) is 7. The highest BCUT2D eigenvalue weighted by Gasteiger charge is 2.27. The second kappa shape index (κ2) is 8.61. The highest BCUT2D eigenvalue weighted by Crippen LogP contribution is 2.38. The van der Waals surface area contributed by atoms with E-state index in [9.17, 15) is 0 Å². The molecular formula is C21H24Cl2N8. The van der Waals surface area contributed by atoms with E-state index in [0.29, 0.717) is 27.5 Å². The molecule has 1 aromatic carbocycles. The summed E-state index contributed by atoms with van der Waals surface area (Å²) in [5, 5.41) is 25.6. The quantitative estimate of drug-likeness (QED) is 0.542. The number of rotatable bonds is 4. The van der Waals surface area contributed by atoms with Gasteiger partial charge in [-0.3, -0.25) is 0 Å². The van der Waals surface area contributed by atoms with Gasteiger partial charge >= 0.3 is 0 Å². The minimum absolute atomic E-state index is 0.0177.